The van der Waals surface area contributed by atoms with Crippen LogP contribution < -0.4 is 5.73 Å². The third kappa shape index (κ3) is 4.64. The molecule has 0 amide bonds. The van der Waals surface area contributed by atoms with Gasteiger partial charge in [0.25, 0.3) is 0 Å². The second kappa shape index (κ2) is 8.23. The molecule has 0 bridgehead atoms. The molecular formula is C18H29NO2S. The maximum absolute atomic E-state index is 12.2. The first-order valence-corrected chi connectivity index (χ1v) is 9.42. The lowest BCUT2D eigenvalue weighted by Crippen LogP contribution is -2.40. The minimum absolute atomic E-state index is 0.0540. The molecule has 3 nitrogen and oxygen atoms in total. The van der Waals surface area contributed by atoms with Crippen molar-refractivity contribution in [3.63, 3.8) is 0 Å². The molecule has 1 aliphatic carbocycles. The van der Waals surface area contributed by atoms with Crippen LogP contribution in [0.15, 0.2) is 12.1 Å². The van der Waals surface area contributed by atoms with E-state index in [2.05, 4.69) is 13.0 Å². The Morgan fingerprint density at radius 1 is 1.36 bits per heavy atom. The normalized spacial score (nSPS) is 24.8. The predicted octanol–water partition coefficient (Wildman–Crippen LogP) is 4.25. The number of aliphatic hydroxyl groups is 1. The van der Waals surface area contributed by atoms with Gasteiger partial charge < -0.3 is 10.8 Å². The molecule has 0 aromatic carbocycles. The van der Waals surface area contributed by atoms with Gasteiger partial charge in [0.15, 0.2) is 5.78 Å². The number of carbonyl (C=O) groups excluding carboxylic acids is 1. The van der Waals surface area contributed by atoms with Crippen LogP contribution in [0.5, 0.6) is 0 Å². The van der Waals surface area contributed by atoms with E-state index in [0.717, 1.165) is 37.0 Å². The number of rotatable bonds is 9. The predicted molar refractivity (Wildman–Crippen MR) is 92.6 cm³/mol. The van der Waals surface area contributed by atoms with E-state index in [9.17, 15) is 9.90 Å². The summed E-state index contributed by atoms with van der Waals surface area (Å²) in [6.45, 7) is 2.26. The van der Waals surface area contributed by atoms with Crippen molar-refractivity contribution in [1.82, 2.24) is 0 Å². The highest BCUT2D eigenvalue weighted by Gasteiger charge is 2.36. The molecule has 22 heavy (non-hydrogen) atoms. The van der Waals surface area contributed by atoms with E-state index >= 15 is 0 Å². The SMILES string of the molecule is CCCCCCCC(=O)c1ccc([C@H]2CC[C@](N)(CO)C2)s1. The summed E-state index contributed by atoms with van der Waals surface area (Å²) in [6, 6.07) is 4.06. The number of carbonyl (C=O) groups is 1. The fourth-order valence-electron chi connectivity index (χ4n) is 3.28. The highest BCUT2D eigenvalue weighted by Crippen LogP contribution is 2.42. The van der Waals surface area contributed by atoms with Crippen LogP contribution in [-0.4, -0.2) is 23.0 Å². The minimum Gasteiger partial charge on any atom is -0.394 e. The Hall–Kier alpha value is -0.710. The summed E-state index contributed by atoms with van der Waals surface area (Å²) in [5.74, 6) is 0.695. The zero-order valence-corrected chi connectivity index (χ0v) is 14.5. The molecule has 0 saturated heterocycles. The van der Waals surface area contributed by atoms with Gasteiger partial charge in [-0.3, -0.25) is 4.79 Å². The number of hydrogen-bond acceptors (Lipinski definition) is 4. The van der Waals surface area contributed by atoms with Gasteiger partial charge in [0.05, 0.1) is 11.5 Å². The number of aliphatic hydroxyl groups excluding tert-OH is 1. The maximum atomic E-state index is 12.2. The third-order valence-electron chi connectivity index (χ3n) is 4.77. The van der Waals surface area contributed by atoms with Crippen LogP contribution in [0.25, 0.3) is 0 Å². The van der Waals surface area contributed by atoms with Gasteiger partial charge in [0, 0.05) is 16.8 Å². The molecular weight excluding hydrogens is 294 g/mol. The molecule has 1 aromatic heterocycles. The average Bonchev–Trinajstić information content (AvgIpc) is 3.14. The van der Waals surface area contributed by atoms with E-state index in [4.69, 9.17) is 5.73 Å². The molecule has 0 unspecified atom stereocenters. The van der Waals surface area contributed by atoms with Crippen LogP contribution in [0.2, 0.25) is 0 Å². The van der Waals surface area contributed by atoms with Crippen LogP contribution >= 0.6 is 11.3 Å². The van der Waals surface area contributed by atoms with Crippen molar-refractivity contribution in [3.05, 3.63) is 21.9 Å². The molecule has 1 heterocycles. The largest absolute Gasteiger partial charge is 0.394 e. The highest BCUT2D eigenvalue weighted by molar-refractivity contribution is 7.14. The molecule has 1 aromatic rings. The minimum atomic E-state index is -0.419. The first-order chi connectivity index (χ1) is 10.6. The van der Waals surface area contributed by atoms with Gasteiger partial charge in [-0.05, 0) is 43.7 Å². The van der Waals surface area contributed by atoms with Gasteiger partial charge in [-0.1, -0.05) is 32.6 Å². The van der Waals surface area contributed by atoms with Crippen LogP contribution in [0, 0.1) is 0 Å². The summed E-state index contributed by atoms with van der Waals surface area (Å²) < 4.78 is 0. The van der Waals surface area contributed by atoms with Gasteiger partial charge in [-0.15, -0.1) is 11.3 Å². The van der Waals surface area contributed by atoms with Crippen molar-refractivity contribution in [2.24, 2.45) is 5.73 Å². The third-order valence-corrected chi connectivity index (χ3v) is 6.06. The lowest BCUT2D eigenvalue weighted by molar-refractivity contribution is 0.0983. The van der Waals surface area contributed by atoms with Crippen LogP contribution in [0.4, 0.5) is 0 Å². The van der Waals surface area contributed by atoms with Gasteiger partial charge in [0.2, 0.25) is 0 Å². The molecule has 0 spiro atoms. The Balaban J connectivity index is 1.82. The number of hydrogen-bond donors (Lipinski definition) is 2. The molecule has 3 N–H and O–H groups in total. The second-order valence-electron chi connectivity index (χ2n) is 6.75. The van der Waals surface area contributed by atoms with Crippen molar-refractivity contribution in [3.8, 4) is 0 Å². The molecule has 0 aliphatic heterocycles. The zero-order valence-electron chi connectivity index (χ0n) is 13.6. The average molecular weight is 324 g/mol. The van der Waals surface area contributed by atoms with Gasteiger partial charge in [0.1, 0.15) is 0 Å². The quantitative estimate of drug-likeness (QED) is 0.527. The van der Waals surface area contributed by atoms with Crippen molar-refractivity contribution >= 4 is 17.1 Å². The van der Waals surface area contributed by atoms with E-state index in [1.807, 2.05) is 6.07 Å². The number of unbranched alkanes of at least 4 members (excludes halogenated alkanes) is 4. The molecule has 2 atom stereocenters. The fourth-order valence-corrected chi connectivity index (χ4v) is 4.39. The van der Waals surface area contributed by atoms with E-state index < -0.39 is 5.54 Å². The van der Waals surface area contributed by atoms with Gasteiger partial charge in [-0.2, -0.15) is 0 Å². The Labute approximate surface area is 137 Å². The summed E-state index contributed by atoms with van der Waals surface area (Å²) >= 11 is 1.63. The number of Topliss-reactive ketones (excluding diaryl/α,β-unsaturated/α-hetero) is 1. The summed E-state index contributed by atoms with van der Waals surface area (Å²) in [7, 11) is 0. The van der Waals surface area contributed by atoms with Gasteiger partial charge >= 0.3 is 0 Å². The van der Waals surface area contributed by atoms with E-state index in [-0.39, 0.29) is 12.4 Å². The summed E-state index contributed by atoms with van der Waals surface area (Å²) in [5, 5.41) is 9.37. The first-order valence-electron chi connectivity index (χ1n) is 8.60. The van der Waals surface area contributed by atoms with Crippen molar-refractivity contribution in [2.75, 3.05) is 6.61 Å². The standard InChI is InChI=1S/C18H29NO2S/c1-2-3-4-5-6-7-15(21)17-9-8-16(22-17)14-10-11-18(19,12-14)13-20/h8-9,14,20H,2-7,10-13,19H2,1H3/t14-,18+/m0/s1. The molecule has 1 saturated carbocycles. The Morgan fingerprint density at radius 3 is 2.82 bits per heavy atom. The molecule has 1 aliphatic rings. The molecule has 0 radical (unpaired) electrons. The summed E-state index contributed by atoms with van der Waals surface area (Å²) in [6.07, 6.45) is 9.29. The second-order valence-corrected chi connectivity index (χ2v) is 7.86. The maximum Gasteiger partial charge on any atom is 0.172 e. The number of nitrogens with two attached hydrogens (primary N) is 1. The Morgan fingerprint density at radius 2 is 2.14 bits per heavy atom. The molecule has 4 heteroatoms. The number of thiophene rings is 1. The van der Waals surface area contributed by atoms with E-state index in [1.165, 1.54) is 24.1 Å². The Kier molecular flexibility index (Phi) is 6.60. The molecule has 124 valence electrons. The highest BCUT2D eigenvalue weighted by atomic mass is 32.1. The lowest BCUT2D eigenvalue weighted by Gasteiger charge is -2.20. The molecule has 1 fully saturated rings. The van der Waals surface area contributed by atoms with Gasteiger partial charge in [-0.25, -0.2) is 0 Å². The van der Waals surface area contributed by atoms with Crippen LogP contribution in [0.3, 0.4) is 0 Å². The monoisotopic (exact) mass is 323 g/mol. The van der Waals surface area contributed by atoms with Crippen molar-refractivity contribution in [1.29, 1.82) is 0 Å². The van der Waals surface area contributed by atoms with Crippen LogP contribution in [-0.2, 0) is 0 Å². The lowest BCUT2D eigenvalue weighted by atomic mass is 9.98. The van der Waals surface area contributed by atoms with Crippen molar-refractivity contribution < 1.29 is 9.90 Å². The summed E-state index contributed by atoms with van der Waals surface area (Å²) in [4.78, 5) is 14.4. The topological polar surface area (TPSA) is 63.3 Å². The summed E-state index contributed by atoms with van der Waals surface area (Å²) in [5.41, 5.74) is 5.73. The smallest absolute Gasteiger partial charge is 0.172 e. The van der Waals surface area contributed by atoms with Crippen molar-refractivity contribution in [2.45, 2.75) is 76.2 Å². The number of ketones is 1. The fraction of sp³-hybridized carbons (Fsp3) is 0.722. The van der Waals surface area contributed by atoms with E-state index in [0.29, 0.717) is 12.3 Å². The van der Waals surface area contributed by atoms with Crippen LogP contribution in [0.1, 0.15) is 85.2 Å². The zero-order chi connectivity index (χ0) is 16.0. The molecule has 2 rings (SSSR count). The first kappa shape index (κ1) is 17.6. The van der Waals surface area contributed by atoms with E-state index in [1.54, 1.807) is 11.3 Å². The Bertz CT molecular complexity index is 485.